The molecular formula is C24H26N4O2S. The molecule has 6 nitrogen and oxygen atoms in total. The highest BCUT2D eigenvalue weighted by atomic mass is 32.1. The van der Waals surface area contributed by atoms with Crippen LogP contribution in [-0.2, 0) is 11.2 Å². The molecule has 2 aromatic carbocycles. The molecule has 0 bridgehead atoms. The molecule has 0 saturated heterocycles. The van der Waals surface area contributed by atoms with Crippen molar-refractivity contribution in [2.24, 2.45) is 0 Å². The van der Waals surface area contributed by atoms with E-state index in [4.69, 9.17) is 0 Å². The summed E-state index contributed by atoms with van der Waals surface area (Å²) in [5.74, 6) is -0.511. The number of amides is 2. The van der Waals surface area contributed by atoms with E-state index in [9.17, 15) is 9.59 Å². The van der Waals surface area contributed by atoms with Crippen LogP contribution in [0, 0.1) is 0 Å². The standard InChI is InChI=1S/C24H26N4O2S/c1-2-17-12-14-18(15-13-17)22(23(29)25-19-8-6-7-9-19)28(20-10-4-3-5-11-20)24(30)21-16-31-27-26-21/h3-5,10-16,19,22H,2,6-9H2,1H3,(H,25,29)/t22-/m0/s1. The summed E-state index contributed by atoms with van der Waals surface area (Å²) in [6.45, 7) is 2.09. The maximum Gasteiger partial charge on any atom is 0.280 e. The summed E-state index contributed by atoms with van der Waals surface area (Å²) in [4.78, 5) is 28.7. The third-order valence-corrected chi connectivity index (χ3v) is 6.25. The highest BCUT2D eigenvalue weighted by Gasteiger charge is 2.35. The zero-order chi connectivity index (χ0) is 21.6. The zero-order valence-electron chi connectivity index (χ0n) is 17.5. The second kappa shape index (κ2) is 9.83. The number of aryl methyl sites for hydroxylation is 1. The number of rotatable bonds is 7. The van der Waals surface area contributed by atoms with E-state index >= 15 is 0 Å². The van der Waals surface area contributed by atoms with Crippen molar-refractivity contribution in [3.63, 3.8) is 0 Å². The highest BCUT2D eigenvalue weighted by molar-refractivity contribution is 7.03. The van der Waals surface area contributed by atoms with Crippen LogP contribution >= 0.6 is 11.5 Å². The molecular weight excluding hydrogens is 408 g/mol. The molecule has 0 aliphatic heterocycles. The Morgan fingerprint density at radius 2 is 1.81 bits per heavy atom. The Morgan fingerprint density at radius 3 is 2.42 bits per heavy atom. The van der Waals surface area contributed by atoms with Gasteiger partial charge >= 0.3 is 0 Å². The fourth-order valence-electron chi connectivity index (χ4n) is 4.06. The van der Waals surface area contributed by atoms with Gasteiger partial charge in [-0.3, -0.25) is 14.5 Å². The average molecular weight is 435 g/mol. The Labute approximate surface area is 186 Å². The van der Waals surface area contributed by atoms with Crippen molar-refractivity contribution in [3.8, 4) is 0 Å². The molecule has 1 aliphatic rings. The molecule has 1 fully saturated rings. The summed E-state index contributed by atoms with van der Waals surface area (Å²) in [5.41, 5.74) is 2.83. The van der Waals surface area contributed by atoms with Crippen LogP contribution in [0.1, 0.15) is 60.3 Å². The number of aromatic nitrogens is 2. The normalized spacial score (nSPS) is 14.9. The second-order valence-electron chi connectivity index (χ2n) is 7.79. The molecule has 3 aromatic rings. The van der Waals surface area contributed by atoms with Crippen molar-refractivity contribution in [2.45, 2.75) is 51.1 Å². The van der Waals surface area contributed by atoms with Crippen LogP contribution in [0.4, 0.5) is 5.69 Å². The van der Waals surface area contributed by atoms with Gasteiger partial charge in [0.2, 0.25) is 5.91 Å². The van der Waals surface area contributed by atoms with Gasteiger partial charge in [0.05, 0.1) is 0 Å². The monoisotopic (exact) mass is 434 g/mol. The van der Waals surface area contributed by atoms with Crippen molar-refractivity contribution in [2.75, 3.05) is 4.90 Å². The number of benzene rings is 2. The van der Waals surface area contributed by atoms with Crippen LogP contribution in [0.2, 0.25) is 0 Å². The van der Waals surface area contributed by atoms with Crippen LogP contribution in [0.5, 0.6) is 0 Å². The first-order valence-electron chi connectivity index (χ1n) is 10.7. The zero-order valence-corrected chi connectivity index (χ0v) is 18.3. The first-order chi connectivity index (χ1) is 15.2. The Balaban J connectivity index is 1.78. The van der Waals surface area contributed by atoms with Gasteiger partial charge in [-0.05, 0) is 54.1 Å². The number of para-hydroxylation sites is 1. The van der Waals surface area contributed by atoms with Gasteiger partial charge in [0.1, 0.15) is 6.04 Å². The topological polar surface area (TPSA) is 75.2 Å². The number of hydrogen-bond acceptors (Lipinski definition) is 5. The summed E-state index contributed by atoms with van der Waals surface area (Å²) in [5, 5.41) is 8.78. The lowest BCUT2D eigenvalue weighted by molar-refractivity contribution is -0.123. The maximum absolute atomic E-state index is 13.6. The van der Waals surface area contributed by atoms with Gasteiger partial charge in [-0.1, -0.05) is 66.7 Å². The van der Waals surface area contributed by atoms with E-state index in [1.54, 1.807) is 10.3 Å². The predicted molar refractivity (Wildman–Crippen MR) is 122 cm³/mol. The number of anilines is 1. The van der Waals surface area contributed by atoms with Crippen molar-refractivity contribution in [3.05, 3.63) is 76.8 Å². The smallest absolute Gasteiger partial charge is 0.280 e. The SMILES string of the molecule is CCc1ccc([C@@H](C(=O)NC2CCCC2)N(C(=O)c2csnn2)c2ccccc2)cc1. The van der Waals surface area contributed by atoms with Crippen LogP contribution < -0.4 is 10.2 Å². The first kappa shape index (κ1) is 21.2. The summed E-state index contributed by atoms with van der Waals surface area (Å²) in [7, 11) is 0. The summed E-state index contributed by atoms with van der Waals surface area (Å²) < 4.78 is 3.85. The van der Waals surface area contributed by atoms with Gasteiger partial charge in [0.25, 0.3) is 5.91 Å². The molecule has 160 valence electrons. The lowest BCUT2D eigenvalue weighted by atomic mass is 10.00. The molecule has 2 amide bonds. The van der Waals surface area contributed by atoms with Crippen molar-refractivity contribution >= 4 is 29.0 Å². The Hall–Kier alpha value is -3.06. The fraction of sp³-hybridized carbons (Fsp3) is 0.333. The molecule has 1 N–H and O–H groups in total. The predicted octanol–water partition coefficient (Wildman–Crippen LogP) is 4.55. The number of carbonyl (C=O) groups excluding carboxylic acids is 2. The van der Waals surface area contributed by atoms with Crippen LogP contribution in [0.15, 0.2) is 60.0 Å². The minimum atomic E-state index is -0.803. The third kappa shape index (κ3) is 4.82. The van der Waals surface area contributed by atoms with Gasteiger partial charge in [-0.15, -0.1) is 5.10 Å². The maximum atomic E-state index is 13.6. The van der Waals surface area contributed by atoms with E-state index in [1.165, 1.54) is 5.56 Å². The lowest BCUT2D eigenvalue weighted by Gasteiger charge is -2.32. The van der Waals surface area contributed by atoms with E-state index in [-0.39, 0.29) is 23.6 Å². The Morgan fingerprint density at radius 1 is 1.10 bits per heavy atom. The number of nitrogens with one attached hydrogen (secondary N) is 1. The minimum absolute atomic E-state index is 0.151. The highest BCUT2D eigenvalue weighted by Crippen LogP contribution is 2.31. The van der Waals surface area contributed by atoms with Gasteiger partial charge in [-0.25, -0.2) is 0 Å². The summed E-state index contributed by atoms with van der Waals surface area (Å²) >= 11 is 1.12. The lowest BCUT2D eigenvalue weighted by Crippen LogP contribution is -2.46. The second-order valence-corrected chi connectivity index (χ2v) is 8.40. The molecule has 1 aromatic heterocycles. The fourth-order valence-corrected chi connectivity index (χ4v) is 4.49. The van der Waals surface area contributed by atoms with E-state index in [1.807, 2.05) is 54.6 Å². The molecule has 31 heavy (non-hydrogen) atoms. The minimum Gasteiger partial charge on any atom is -0.351 e. The Kier molecular flexibility index (Phi) is 6.72. The van der Waals surface area contributed by atoms with Crippen LogP contribution in [0.3, 0.4) is 0 Å². The van der Waals surface area contributed by atoms with E-state index < -0.39 is 6.04 Å². The molecule has 7 heteroatoms. The van der Waals surface area contributed by atoms with Crippen molar-refractivity contribution in [1.29, 1.82) is 0 Å². The van der Waals surface area contributed by atoms with Crippen molar-refractivity contribution < 1.29 is 9.59 Å². The van der Waals surface area contributed by atoms with E-state index in [0.717, 1.165) is 49.2 Å². The van der Waals surface area contributed by atoms with E-state index in [2.05, 4.69) is 21.8 Å². The molecule has 4 rings (SSSR count). The molecule has 1 heterocycles. The number of carbonyl (C=O) groups is 2. The first-order valence-corrected chi connectivity index (χ1v) is 11.6. The molecule has 1 aliphatic carbocycles. The van der Waals surface area contributed by atoms with Gasteiger partial charge < -0.3 is 5.32 Å². The van der Waals surface area contributed by atoms with Crippen molar-refractivity contribution in [1.82, 2.24) is 14.9 Å². The molecule has 0 spiro atoms. The molecule has 0 radical (unpaired) electrons. The average Bonchev–Trinajstić information content (AvgIpc) is 3.52. The van der Waals surface area contributed by atoms with Crippen LogP contribution in [0.25, 0.3) is 0 Å². The van der Waals surface area contributed by atoms with Gasteiger partial charge in [0.15, 0.2) is 5.69 Å². The summed E-state index contributed by atoms with van der Waals surface area (Å²) in [6, 6.07) is 16.6. The number of hydrogen-bond donors (Lipinski definition) is 1. The summed E-state index contributed by atoms with van der Waals surface area (Å²) in [6.07, 6.45) is 5.09. The van der Waals surface area contributed by atoms with Crippen LogP contribution in [-0.4, -0.2) is 27.4 Å². The molecule has 1 atom stereocenters. The largest absolute Gasteiger partial charge is 0.351 e. The quantitative estimate of drug-likeness (QED) is 0.592. The van der Waals surface area contributed by atoms with Gasteiger partial charge in [0, 0.05) is 17.1 Å². The molecule has 0 unspecified atom stereocenters. The van der Waals surface area contributed by atoms with E-state index in [0.29, 0.717) is 5.69 Å². The Bertz CT molecular complexity index is 1000. The number of nitrogens with zero attached hydrogens (tertiary/aromatic N) is 3. The third-order valence-electron chi connectivity index (χ3n) is 5.74. The van der Waals surface area contributed by atoms with Gasteiger partial charge in [-0.2, -0.15) is 0 Å². The molecule has 1 saturated carbocycles.